The molecule has 16 heavy (non-hydrogen) atoms. The van der Waals surface area contributed by atoms with Crippen molar-refractivity contribution in [1.82, 2.24) is 0 Å². The Bertz CT molecular complexity index is 376. The van der Waals surface area contributed by atoms with E-state index in [0.29, 0.717) is 5.92 Å². The third-order valence-electron chi connectivity index (χ3n) is 3.37. The molecule has 0 aromatic heterocycles. The predicted molar refractivity (Wildman–Crippen MR) is 64.3 cm³/mol. The predicted octanol–water partition coefficient (Wildman–Crippen LogP) is 2.08. The number of rotatable bonds is 4. The van der Waals surface area contributed by atoms with Crippen molar-refractivity contribution in [3.05, 3.63) is 23.3 Å². The van der Waals surface area contributed by atoms with Crippen molar-refractivity contribution in [3.63, 3.8) is 0 Å². The fraction of sp³-hybridized carbons (Fsp3) is 0.538. The highest BCUT2D eigenvalue weighted by atomic mass is 16.5. The lowest BCUT2D eigenvalue weighted by Crippen LogP contribution is -2.05. The van der Waals surface area contributed by atoms with Crippen LogP contribution >= 0.6 is 0 Å². The van der Waals surface area contributed by atoms with Gasteiger partial charge in [-0.15, -0.1) is 0 Å². The molecule has 0 heterocycles. The van der Waals surface area contributed by atoms with Crippen molar-refractivity contribution in [3.8, 4) is 11.5 Å². The molecule has 1 aliphatic rings. The number of methoxy groups -OCH3 is 2. The second-order valence-electron chi connectivity index (χ2n) is 4.21. The summed E-state index contributed by atoms with van der Waals surface area (Å²) in [5.41, 5.74) is 8.34. The van der Waals surface area contributed by atoms with E-state index in [-0.39, 0.29) is 0 Å². The molecule has 0 bridgehead atoms. The molecule has 1 atom stereocenters. The van der Waals surface area contributed by atoms with Crippen molar-refractivity contribution in [2.24, 2.45) is 5.73 Å². The van der Waals surface area contributed by atoms with Crippen molar-refractivity contribution in [2.45, 2.75) is 25.2 Å². The summed E-state index contributed by atoms with van der Waals surface area (Å²) < 4.78 is 10.7. The molecule has 0 saturated carbocycles. The largest absolute Gasteiger partial charge is 0.497 e. The highest BCUT2D eigenvalue weighted by Crippen LogP contribution is 2.42. The molecule has 2 rings (SSSR count). The van der Waals surface area contributed by atoms with Gasteiger partial charge < -0.3 is 15.2 Å². The molecule has 3 nitrogen and oxygen atoms in total. The number of benzene rings is 1. The Balaban J connectivity index is 2.40. The zero-order valence-electron chi connectivity index (χ0n) is 9.95. The second-order valence-corrected chi connectivity index (χ2v) is 4.21. The topological polar surface area (TPSA) is 44.5 Å². The first kappa shape index (κ1) is 11.3. The molecule has 1 unspecified atom stereocenters. The molecular weight excluding hydrogens is 202 g/mol. The van der Waals surface area contributed by atoms with Crippen LogP contribution in [-0.4, -0.2) is 20.8 Å². The van der Waals surface area contributed by atoms with Crippen LogP contribution < -0.4 is 15.2 Å². The van der Waals surface area contributed by atoms with E-state index in [1.54, 1.807) is 14.2 Å². The van der Waals surface area contributed by atoms with Crippen LogP contribution in [0.4, 0.5) is 0 Å². The molecule has 0 spiro atoms. The lowest BCUT2D eigenvalue weighted by atomic mass is 9.97. The third-order valence-corrected chi connectivity index (χ3v) is 3.37. The van der Waals surface area contributed by atoms with Crippen LogP contribution in [-0.2, 0) is 6.42 Å². The maximum atomic E-state index is 5.64. The van der Waals surface area contributed by atoms with E-state index < -0.39 is 0 Å². The fourth-order valence-corrected chi connectivity index (χ4v) is 2.55. The van der Waals surface area contributed by atoms with Gasteiger partial charge in [-0.1, -0.05) is 0 Å². The molecule has 0 aliphatic heterocycles. The van der Waals surface area contributed by atoms with E-state index in [1.807, 2.05) is 6.07 Å². The minimum Gasteiger partial charge on any atom is -0.497 e. The monoisotopic (exact) mass is 221 g/mol. The van der Waals surface area contributed by atoms with Crippen LogP contribution in [0.5, 0.6) is 11.5 Å². The first-order valence-corrected chi connectivity index (χ1v) is 5.75. The molecule has 3 heteroatoms. The lowest BCUT2D eigenvalue weighted by Gasteiger charge is -2.13. The van der Waals surface area contributed by atoms with Crippen LogP contribution in [0.3, 0.4) is 0 Å². The molecule has 0 fully saturated rings. The molecular formula is C13H19NO2. The van der Waals surface area contributed by atoms with Crippen LogP contribution in [0.15, 0.2) is 12.1 Å². The number of fused-ring (bicyclic) bond motifs is 1. The van der Waals surface area contributed by atoms with E-state index in [2.05, 4.69) is 6.07 Å². The standard InChI is InChI=1S/C13H19NO2/c1-15-10-7-12-9(5-6-14)3-4-11(12)13(8-10)16-2/h7-9H,3-6,14H2,1-2H3. The average Bonchev–Trinajstić information content (AvgIpc) is 2.72. The fourth-order valence-electron chi connectivity index (χ4n) is 2.55. The summed E-state index contributed by atoms with van der Waals surface area (Å²) in [7, 11) is 3.40. The van der Waals surface area contributed by atoms with Gasteiger partial charge in [0.25, 0.3) is 0 Å². The Labute approximate surface area is 96.5 Å². The Hall–Kier alpha value is -1.22. The Morgan fingerprint density at radius 1 is 1.31 bits per heavy atom. The summed E-state index contributed by atoms with van der Waals surface area (Å²) in [4.78, 5) is 0. The second kappa shape index (κ2) is 4.74. The van der Waals surface area contributed by atoms with Gasteiger partial charge in [-0.2, -0.15) is 0 Å². The molecule has 2 N–H and O–H groups in total. The summed E-state index contributed by atoms with van der Waals surface area (Å²) in [5, 5.41) is 0. The molecule has 1 aromatic carbocycles. The molecule has 1 aromatic rings. The van der Waals surface area contributed by atoms with E-state index in [9.17, 15) is 0 Å². The summed E-state index contributed by atoms with van der Waals surface area (Å²) in [6.45, 7) is 0.740. The Morgan fingerprint density at radius 2 is 2.12 bits per heavy atom. The van der Waals surface area contributed by atoms with Crippen LogP contribution in [0.25, 0.3) is 0 Å². The molecule has 0 radical (unpaired) electrons. The normalized spacial score (nSPS) is 18.3. The number of hydrogen-bond acceptors (Lipinski definition) is 3. The van der Waals surface area contributed by atoms with Crippen molar-refractivity contribution >= 4 is 0 Å². The van der Waals surface area contributed by atoms with Crippen molar-refractivity contribution in [1.29, 1.82) is 0 Å². The zero-order valence-corrected chi connectivity index (χ0v) is 9.95. The summed E-state index contributed by atoms with van der Waals surface area (Å²) in [5.74, 6) is 2.40. The maximum Gasteiger partial charge on any atom is 0.126 e. The van der Waals surface area contributed by atoms with E-state index >= 15 is 0 Å². The Morgan fingerprint density at radius 3 is 2.75 bits per heavy atom. The highest BCUT2D eigenvalue weighted by Gasteiger charge is 2.25. The van der Waals surface area contributed by atoms with E-state index in [0.717, 1.165) is 30.9 Å². The first-order chi connectivity index (χ1) is 7.80. The number of nitrogens with two attached hydrogens (primary N) is 1. The minimum absolute atomic E-state index is 0.573. The van der Waals surface area contributed by atoms with Gasteiger partial charge in [-0.3, -0.25) is 0 Å². The molecule has 88 valence electrons. The first-order valence-electron chi connectivity index (χ1n) is 5.75. The molecule has 0 saturated heterocycles. The molecule has 1 aliphatic carbocycles. The minimum atomic E-state index is 0.573. The van der Waals surface area contributed by atoms with Crippen LogP contribution in [0, 0.1) is 0 Å². The van der Waals surface area contributed by atoms with Gasteiger partial charge in [0.1, 0.15) is 11.5 Å². The van der Waals surface area contributed by atoms with Gasteiger partial charge in [-0.25, -0.2) is 0 Å². The highest BCUT2D eigenvalue weighted by molar-refractivity contribution is 5.50. The smallest absolute Gasteiger partial charge is 0.126 e. The number of ether oxygens (including phenoxy) is 2. The van der Waals surface area contributed by atoms with Crippen molar-refractivity contribution in [2.75, 3.05) is 20.8 Å². The summed E-state index contributed by atoms with van der Waals surface area (Å²) in [6.07, 6.45) is 3.31. The van der Waals surface area contributed by atoms with Crippen LogP contribution in [0.2, 0.25) is 0 Å². The van der Waals surface area contributed by atoms with Gasteiger partial charge in [-0.05, 0) is 48.9 Å². The van der Waals surface area contributed by atoms with Gasteiger partial charge in [0.15, 0.2) is 0 Å². The summed E-state index contributed by atoms with van der Waals surface area (Å²) in [6, 6.07) is 4.09. The maximum absolute atomic E-state index is 5.64. The van der Waals surface area contributed by atoms with E-state index in [1.165, 1.54) is 17.5 Å². The quantitative estimate of drug-likeness (QED) is 0.846. The SMILES string of the molecule is COc1cc(OC)c2c(c1)C(CCN)CC2. The molecule has 0 amide bonds. The summed E-state index contributed by atoms with van der Waals surface area (Å²) >= 11 is 0. The Kier molecular flexibility index (Phi) is 3.34. The van der Waals surface area contributed by atoms with Crippen LogP contribution in [0.1, 0.15) is 29.9 Å². The van der Waals surface area contributed by atoms with Gasteiger partial charge in [0.05, 0.1) is 14.2 Å². The van der Waals surface area contributed by atoms with E-state index in [4.69, 9.17) is 15.2 Å². The van der Waals surface area contributed by atoms with Gasteiger partial charge in [0.2, 0.25) is 0 Å². The average molecular weight is 221 g/mol. The zero-order chi connectivity index (χ0) is 11.5. The van der Waals surface area contributed by atoms with Gasteiger partial charge in [0, 0.05) is 6.07 Å². The lowest BCUT2D eigenvalue weighted by molar-refractivity contribution is 0.391. The number of hydrogen-bond donors (Lipinski definition) is 1. The third kappa shape index (κ3) is 1.87. The van der Waals surface area contributed by atoms with Gasteiger partial charge >= 0.3 is 0 Å². The van der Waals surface area contributed by atoms with Crippen molar-refractivity contribution < 1.29 is 9.47 Å².